The van der Waals surface area contributed by atoms with Crippen LogP contribution in [0.4, 0.5) is 0 Å². The summed E-state index contributed by atoms with van der Waals surface area (Å²) < 4.78 is 2.54. The molecule has 0 amide bonds. The topological polar surface area (TPSA) is 4.93 Å². The normalized spacial score (nSPS) is 12.3. The average Bonchev–Trinajstić information content (AvgIpc) is 3.41. The van der Waals surface area contributed by atoms with Gasteiger partial charge in [-0.3, -0.25) is 0 Å². The van der Waals surface area contributed by atoms with Crippen molar-refractivity contribution in [3.8, 4) is 16.8 Å². The minimum atomic E-state index is 1.22. The zero-order valence-electron chi connectivity index (χ0n) is 28.0. The van der Waals surface area contributed by atoms with E-state index in [0.717, 1.165) is 0 Å². The number of hydrogen-bond acceptors (Lipinski definition) is 0. The second kappa shape index (κ2) is 9.69. The molecule has 228 valence electrons. The number of para-hydroxylation sites is 1. The minimum absolute atomic E-state index is 1.22. The van der Waals surface area contributed by atoms with E-state index in [1.54, 1.807) is 0 Å². The van der Waals surface area contributed by atoms with Gasteiger partial charge in [0, 0.05) is 27.2 Å². The molecule has 0 spiro atoms. The lowest BCUT2D eigenvalue weighted by atomic mass is 9.82. The number of hydrogen-bond donors (Lipinski definition) is 0. The molecule has 0 radical (unpaired) electrons. The van der Waals surface area contributed by atoms with E-state index in [0.29, 0.717) is 0 Å². The van der Waals surface area contributed by atoms with Gasteiger partial charge in [0.1, 0.15) is 0 Å². The fourth-order valence-corrected chi connectivity index (χ4v) is 9.21. The Morgan fingerprint density at radius 2 is 0.875 bits per heavy atom. The van der Waals surface area contributed by atoms with Crippen molar-refractivity contribution in [1.29, 1.82) is 0 Å². The van der Waals surface area contributed by atoms with Gasteiger partial charge in [-0.2, -0.15) is 0 Å². The summed E-state index contributed by atoms with van der Waals surface area (Å²) in [5.41, 5.74) is 12.9. The van der Waals surface area contributed by atoms with Gasteiger partial charge in [0.05, 0.1) is 11.0 Å². The van der Waals surface area contributed by atoms with Crippen LogP contribution in [-0.2, 0) is 0 Å². The summed E-state index contributed by atoms with van der Waals surface area (Å²) in [6.45, 7) is 11.1. The van der Waals surface area contributed by atoms with Gasteiger partial charge in [0.2, 0.25) is 0 Å². The highest BCUT2D eigenvalue weighted by Crippen LogP contribution is 2.50. The molecule has 0 aliphatic heterocycles. The summed E-state index contributed by atoms with van der Waals surface area (Å²) in [6.07, 6.45) is 0. The fraction of sp³-hybridized carbons (Fsp3) is 0.106. The van der Waals surface area contributed by atoms with Crippen LogP contribution in [-0.4, -0.2) is 4.57 Å². The molecule has 10 rings (SSSR count). The van der Waals surface area contributed by atoms with E-state index in [1.165, 1.54) is 120 Å². The third-order valence-electron chi connectivity index (χ3n) is 10.8. The van der Waals surface area contributed by atoms with Crippen molar-refractivity contribution in [2.24, 2.45) is 0 Å². The molecule has 0 atom stereocenters. The summed E-state index contributed by atoms with van der Waals surface area (Å²) in [5.74, 6) is 0. The molecule has 0 aliphatic rings. The molecule has 0 saturated heterocycles. The van der Waals surface area contributed by atoms with Crippen LogP contribution in [0.2, 0.25) is 0 Å². The highest BCUT2D eigenvalue weighted by molar-refractivity contribution is 6.45. The molecule has 0 fully saturated rings. The summed E-state index contributed by atoms with van der Waals surface area (Å²) in [7, 11) is 0. The van der Waals surface area contributed by atoms with Crippen LogP contribution in [0.5, 0.6) is 0 Å². The summed E-state index contributed by atoms with van der Waals surface area (Å²) in [6, 6.07) is 46.2. The fourth-order valence-electron chi connectivity index (χ4n) is 9.21. The first-order valence-electron chi connectivity index (χ1n) is 17.0. The molecule has 1 nitrogen and oxygen atoms in total. The van der Waals surface area contributed by atoms with Crippen molar-refractivity contribution in [1.82, 2.24) is 4.57 Å². The van der Waals surface area contributed by atoms with Gasteiger partial charge >= 0.3 is 0 Å². The Bertz CT molecular complexity index is 2930. The first-order chi connectivity index (χ1) is 23.4. The first kappa shape index (κ1) is 27.5. The Labute approximate surface area is 280 Å². The molecule has 9 aromatic carbocycles. The second-order valence-corrected chi connectivity index (χ2v) is 14.1. The Morgan fingerprint density at radius 1 is 0.375 bits per heavy atom. The Balaban J connectivity index is 1.53. The smallest absolute Gasteiger partial charge is 0.0626 e. The van der Waals surface area contributed by atoms with Crippen LogP contribution in [0.25, 0.3) is 92.5 Å². The molecule has 0 saturated carbocycles. The monoisotopic (exact) mass is 613 g/mol. The van der Waals surface area contributed by atoms with E-state index in [9.17, 15) is 0 Å². The van der Waals surface area contributed by atoms with Crippen LogP contribution in [0, 0.1) is 34.6 Å². The predicted molar refractivity (Wildman–Crippen MR) is 209 cm³/mol. The highest BCUT2D eigenvalue weighted by atomic mass is 15.0. The Kier molecular flexibility index (Phi) is 5.54. The zero-order valence-corrected chi connectivity index (χ0v) is 28.0. The molecule has 1 heterocycles. The van der Waals surface area contributed by atoms with Crippen molar-refractivity contribution in [3.05, 3.63) is 149 Å². The average molecular weight is 614 g/mol. The number of aryl methyl sites for hydroxylation is 5. The predicted octanol–water partition coefficient (Wildman–Crippen LogP) is 13.2. The van der Waals surface area contributed by atoms with E-state index < -0.39 is 0 Å². The zero-order chi connectivity index (χ0) is 32.4. The van der Waals surface area contributed by atoms with Crippen molar-refractivity contribution >= 4 is 75.7 Å². The molecule has 1 heteroatoms. The highest BCUT2D eigenvalue weighted by Gasteiger charge is 2.24. The minimum Gasteiger partial charge on any atom is -0.309 e. The molecule has 0 aliphatic carbocycles. The van der Waals surface area contributed by atoms with Gasteiger partial charge in [-0.25, -0.2) is 0 Å². The van der Waals surface area contributed by atoms with E-state index in [1.807, 2.05) is 0 Å². The van der Waals surface area contributed by atoms with E-state index >= 15 is 0 Å². The third-order valence-corrected chi connectivity index (χ3v) is 10.8. The van der Waals surface area contributed by atoms with Gasteiger partial charge in [-0.1, -0.05) is 90.5 Å². The summed E-state index contributed by atoms with van der Waals surface area (Å²) in [4.78, 5) is 0. The van der Waals surface area contributed by atoms with Crippen molar-refractivity contribution < 1.29 is 0 Å². The number of fused-ring (bicyclic) bond motifs is 10. The standard InChI is InChI=1S/C47H35N/c1-26-18-27(2)22-32(21-26)48-42-17-11-10-15-36(42)41-25-40-34-13-7-6-12-33(34)38-23-31(43-29(4)19-28(3)20-30(43)5)24-39-35-14-8-9-16-37(35)46(47(41)48)45(40)44(38)39/h6-25H,1-5H3. The van der Waals surface area contributed by atoms with Crippen molar-refractivity contribution in [2.45, 2.75) is 34.6 Å². The third kappa shape index (κ3) is 3.62. The van der Waals surface area contributed by atoms with Crippen molar-refractivity contribution in [2.75, 3.05) is 0 Å². The largest absolute Gasteiger partial charge is 0.309 e. The van der Waals surface area contributed by atoms with Gasteiger partial charge in [-0.15, -0.1) is 0 Å². The van der Waals surface area contributed by atoms with Crippen LogP contribution in [0.3, 0.4) is 0 Å². The molecule has 0 unspecified atom stereocenters. The van der Waals surface area contributed by atoms with Crippen LogP contribution in [0.15, 0.2) is 121 Å². The molecule has 48 heavy (non-hydrogen) atoms. The second-order valence-electron chi connectivity index (χ2n) is 14.1. The van der Waals surface area contributed by atoms with Gasteiger partial charge in [-0.05, 0) is 147 Å². The summed E-state index contributed by atoms with van der Waals surface area (Å²) >= 11 is 0. The van der Waals surface area contributed by atoms with Crippen LogP contribution < -0.4 is 0 Å². The molecule has 0 bridgehead atoms. The lowest BCUT2D eigenvalue weighted by Gasteiger charge is -2.21. The number of aromatic nitrogens is 1. The molecule has 10 aromatic rings. The van der Waals surface area contributed by atoms with Crippen molar-refractivity contribution in [3.63, 3.8) is 0 Å². The van der Waals surface area contributed by atoms with Crippen LogP contribution >= 0.6 is 0 Å². The summed E-state index contributed by atoms with van der Waals surface area (Å²) in [5, 5.41) is 15.9. The van der Waals surface area contributed by atoms with E-state index in [4.69, 9.17) is 0 Å². The lowest BCUT2D eigenvalue weighted by Crippen LogP contribution is -1.98. The molecular formula is C47H35N. The first-order valence-corrected chi connectivity index (χ1v) is 17.0. The van der Waals surface area contributed by atoms with Gasteiger partial charge in [0.25, 0.3) is 0 Å². The number of benzene rings is 9. The SMILES string of the molecule is Cc1cc(C)cc(-n2c3ccccc3c3cc4c5ccccc5c5cc(-c6c(C)cc(C)cc6C)cc6c7ccccc7c(c4c56)c32)c1. The molecule has 0 N–H and O–H groups in total. The van der Waals surface area contributed by atoms with Gasteiger partial charge in [0.15, 0.2) is 0 Å². The Morgan fingerprint density at radius 3 is 1.50 bits per heavy atom. The van der Waals surface area contributed by atoms with E-state index in [-0.39, 0.29) is 0 Å². The molecular weight excluding hydrogens is 579 g/mol. The van der Waals surface area contributed by atoms with Crippen LogP contribution in [0.1, 0.15) is 27.8 Å². The maximum Gasteiger partial charge on any atom is 0.0626 e. The van der Waals surface area contributed by atoms with Gasteiger partial charge < -0.3 is 4.57 Å². The van der Waals surface area contributed by atoms with E-state index in [2.05, 4.69) is 161 Å². The molecule has 1 aromatic heterocycles. The maximum absolute atomic E-state index is 2.54. The Hall–Kier alpha value is -5.66. The maximum atomic E-state index is 2.54. The number of rotatable bonds is 2. The quantitative estimate of drug-likeness (QED) is 0.135. The lowest BCUT2D eigenvalue weighted by molar-refractivity contribution is 1.17. The number of nitrogens with zero attached hydrogens (tertiary/aromatic N) is 1.